The van der Waals surface area contributed by atoms with Crippen molar-refractivity contribution in [2.45, 2.75) is 37.9 Å². The zero-order chi connectivity index (χ0) is 20.5. The van der Waals surface area contributed by atoms with Gasteiger partial charge in [-0.15, -0.1) is 0 Å². The van der Waals surface area contributed by atoms with Gasteiger partial charge in [-0.2, -0.15) is 0 Å². The average molecular weight is 397 g/mol. The van der Waals surface area contributed by atoms with E-state index in [2.05, 4.69) is 17.8 Å². The fourth-order valence-corrected chi connectivity index (χ4v) is 4.57. The van der Waals surface area contributed by atoms with Crippen molar-refractivity contribution in [3.05, 3.63) is 53.6 Å². The molecule has 7 nitrogen and oxygen atoms in total. The second kappa shape index (κ2) is 7.93. The third-order valence-electron chi connectivity index (χ3n) is 5.98. The number of likely N-dealkylation sites (tertiary alicyclic amines) is 1. The summed E-state index contributed by atoms with van der Waals surface area (Å²) in [7, 11) is 1.51. The molecule has 4 atom stereocenters. The zero-order valence-corrected chi connectivity index (χ0v) is 16.6. The second-order valence-corrected chi connectivity index (χ2v) is 7.64. The third-order valence-corrected chi connectivity index (χ3v) is 5.98. The molecule has 0 spiro atoms. The van der Waals surface area contributed by atoms with E-state index in [1.807, 2.05) is 23.1 Å². The molecule has 0 aromatic heterocycles. The van der Waals surface area contributed by atoms with E-state index in [0.29, 0.717) is 12.3 Å². The molecule has 2 fully saturated rings. The molecule has 0 saturated carbocycles. The first-order valence-electron chi connectivity index (χ1n) is 10.0. The first-order chi connectivity index (χ1) is 14.1. The number of phenolic OH excluding ortho intramolecular Hbond substituents is 2. The number of hydrogen-bond donors (Lipinski definition) is 4. The molecule has 4 unspecified atom stereocenters. The summed E-state index contributed by atoms with van der Waals surface area (Å²) in [5.41, 5.74) is 8.04. The quantitative estimate of drug-likeness (QED) is 0.599. The highest BCUT2D eigenvalue weighted by Crippen LogP contribution is 2.49. The lowest BCUT2D eigenvalue weighted by atomic mass is 9.83. The number of carbonyl (C=O) groups is 1. The number of hydrogen-bond acceptors (Lipinski definition) is 6. The molecule has 0 bridgehead atoms. The average Bonchev–Trinajstić information content (AvgIpc) is 3.26. The van der Waals surface area contributed by atoms with Gasteiger partial charge in [0.2, 0.25) is 5.91 Å². The van der Waals surface area contributed by atoms with Gasteiger partial charge < -0.3 is 19.8 Å². The van der Waals surface area contributed by atoms with Gasteiger partial charge in [-0.1, -0.05) is 37.6 Å². The van der Waals surface area contributed by atoms with Crippen LogP contribution >= 0.6 is 0 Å². The topological polar surface area (TPSA) is 94.1 Å². The van der Waals surface area contributed by atoms with Crippen LogP contribution in [0.15, 0.2) is 42.5 Å². The van der Waals surface area contributed by atoms with E-state index in [4.69, 9.17) is 4.74 Å². The molecule has 0 radical (unpaired) electrons. The molecule has 2 aromatic carbocycles. The molecule has 2 heterocycles. The van der Waals surface area contributed by atoms with Crippen LogP contribution < -0.4 is 15.6 Å². The van der Waals surface area contributed by atoms with Crippen LogP contribution in [-0.4, -0.2) is 40.7 Å². The minimum Gasteiger partial charge on any atom is -0.508 e. The summed E-state index contributed by atoms with van der Waals surface area (Å²) in [6, 6.07) is 11.6. The van der Waals surface area contributed by atoms with Crippen molar-refractivity contribution in [1.29, 1.82) is 0 Å². The van der Waals surface area contributed by atoms with E-state index >= 15 is 0 Å². The number of unbranched alkanes of at least 4 members (excludes halogenated alkanes) is 1. The summed E-state index contributed by atoms with van der Waals surface area (Å²) in [5, 5.41) is 20.4. The van der Waals surface area contributed by atoms with Gasteiger partial charge in [0, 0.05) is 18.0 Å². The number of nitrogens with zero attached hydrogens (tertiary/aromatic N) is 1. The van der Waals surface area contributed by atoms with Gasteiger partial charge in [-0.3, -0.25) is 4.79 Å². The molecule has 1 amide bonds. The predicted molar refractivity (Wildman–Crippen MR) is 108 cm³/mol. The Morgan fingerprint density at radius 3 is 2.55 bits per heavy atom. The van der Waals surface area contributed by atoms with Crippen LogP contribution in [0.1, 0.15) is 43.0 Å². The molecular weight excluding hydrogens is 370 g/mol. The van der Waals surface area contributed by atoms with E-state index in [9.17, 15) is 15.0 Å². The highest BCUT2D eigenvalue weighted by Gasteiger charge is 2.55. The maximum atomic E-state index is 13.2. The largest absolute Gasteiger partial charge is 0.508 e. The minimum absolute atomic E-state index is 0.0471. The van der Waals surface area contributed by atoms with Gasteiger partial charge in [-0.25, -0.2) is 10.9 Å². The Labute approximate surface area is 170 Å². The molecular formula is C22H27N3O4. The van der Waals surface area contributed by atoms with Crippen LogP contribution in [-0.2, 0) is 4.79 Å². The molecule has 2 aromatic rings. The number of para-hydroxylation sites is 1. The van der Waals surface area contributed by atoms with E-state index in [-0.39, 0.29) is 41.4 Å². The summed E-state index contributed by atoms with van der Waals surface area (Å²) >= 11 is 0. The maximum Gasteiger partial charge on any atom is 0.242 e. The Hall–Kier alpha value is -2.77. The second-order valence-electron chi connectivity index (χ2n) is 7.64. The normalized spacial score (nSPS) is 26.0. The van der Waals surface area contributed by atoms with Crippen molar-refractivity contribution in [3.63, 3.8) is 0 Å². The summed E-state index contributed by atoms with van der Waals surface area (Å²) in [6.45, 7) is 2.76. The van der Waals surface area contributed by atoms with Crippen LogP contribution in [0.3, 0.4) is 0 Å². The summed E-state index contributed by atoms with van der Waals surface area (Å²) in [6.07, 6.45) is 1.89. The first-order valence-corrected chi connectivity index (χ1v) is 10.0. The molecule has 0 aliphatic carbocycles. The van der Waals surface area contributed by atoms with Crippen molar-refractivity contribution >= 4 is 5.91 Å². The standard InChI is InChI=1S/C22H27N3O4/c1-3-4-11-25-21(13-9-10-16(27)17(12-13)29-2)18-19(23-24-20(18)22(25)28)14-7-5-6-8-15(14)26/h5-10,12,18-21,23-24,26-27H,3-4,11H2,1-2H3. The fraction of sp³-hybridized carbons (Fsp3) is 0.409. The van der Waals surface area contributed by atoms with Gasteiger partial charge in [0.05, 0.1) is 19.2 Å². The first kappa shape index (κ1) is 19.5. The molecule has 7 heteroatoms. The third kappa shape index (κ3) is 3.30. The lowest BCUT2D eigenvalue weighted by molar-refractivity contribution is -0.130. The van der Waals surface area contributed by atoms with Crippen LogP contribution in [0.25, 0.3) is 0 Å². The molecule has 154 valence electrons. The number of rotatable bonds is 6. The van der Waals surface area contributed by atoms with Crippen LogP contribution in [0, 0.1) is 5.92 Å². The number of phenols is 2. The number of carbonyl (C=O) groups excluding carboxylic acids is 1. The van der Waals surface area contributed by atoms with Crippen LogP contribution in [0.2, 0.25) is 0 Å². The Morgan fingerprint density at radius 1 is 1.07 bits per heavy atom. The molecule has 2 aliphatic heterocycles. The number of hydrazine groups is 1. The fourth-order valence-electron chi connectivity index (χ4n) is 4.57. The number of benzene rings is 2. The van der Waals surface area contributed by atoms with Crippen molar-refractivity contribution in [3.8, 4) is 17.2 Å². The summed E-state index contributed by atoms with van der Waals surface area (Å²) in [5.74, 6) is 0.575. The molecule has 4 rings (SSSR count). The molecule has 2 saturated heterocycles. The van der Waals surface area contributed by atoms with Gasteiger partial charge in [0.1, 0.15) is 11.8 Å². The maximum absolute atomic E-state index is 13.2. The number of aromatic hydroxyl groups is 2. The Morgan fingerprint density at radius 2 is 1.83 bits per heavy atom. The number of amides is 1. The van der Waals surface area contributed by atoms with Crippen molar-refractivity contribution in [2.24, 2.45) is 5.92 Å². The van der Waals surface area contributed by atoms with Crippen LogP contribution in [0.5, 0.6) is 17.2 Å². The van der Waals surface area contributed by atoms with Crippen molar-refractivity contribution in [1.82, 2.24) is 15.8 Å². The van der Waals surface area contributed by atoms with Gasteiger partial charge in [-0.05, 0) is 30.2 Å². The minimum atomic E-state index is -0.388. The highest BCUT2D eigenvalue weighted by atomic mass is 16.5. The highest BCUT2D eigenvalue weighted by molar-refractivity contribution is 5.86. The number of nitrogens with one attached hydrogen (secondary N) is 2. The van der Waals surface area contributed by atoms with Crippen LogP contribution in [0.4, 0.5) is 0 Å². The molecule has 29 heavy (non-hydrogen) atoms. The van der Waals surface area contributed by atoms with E-state index in [0.717, 1.165) is 24.0 Å². The Bertz CT molecular complexity index is 903. The zero-order valence-electron chi connectivity index (χ0n) is 16.6. The summed E-state index contributed by atoms with van der Waals surface area (Å²) < 4.78 is 5.31. The molecule has 2 aliphatic rings. The number of ether oxygens (including phenoxy) is 1. The lowest BCUT2D eigenvalue weighted by Crippen LogP contribution is -2.41. The number of fused-ring (bicyclic) bond motifs is 1. The van der Waals surface area contributed by atoms with Gasteiger partial charge >= 0.3 is 0 Å². The predicted octanol–water partition coefficient (Wildman–Crippen LogP) is 2.62. The van der Waals surface area contributed by atoms with Crippen molar-refractivity contribution in [2.75, 3.05) is 13.7 Å². The smallest absolute Gasteiger partial charge is 0.242 e. The Kier molecular flexibility index (Phi) is 5.34. The lowest BCUT2D eigenvalue weighted by Gasteiger charge is -2.31. The van der Waals surface area contributed by atoms with E-state index in [1.165, 1.54) is 7.11 Å². The van der Waals surface area contributed by atoms with E-state index in [1.54, 1.807) is 24.3 Å². The van der Waals surface area contributed by atoms with Gasteiger partial charge in [0.25, 0.3) is 0 Å². The summed E-state index contributed by atoms with van der Waals surface area (Å²) in [4.78, 5) is 15.2. The van der Waals surface area contributed by atoms with Gasteiger partial charge in [0.15, 0.2) is 11.5 Å². The SMILES string of the molecule is CCCCN1C(=O)C2NNC(c3ccccc3O)C2C1c1ccc(O)c(OC)c1. The monoisotopic (exact) mass is 397 g/mol. The molecule has 4 N–H and O–H groups in total. The van der Waals surface area contributed by atoms with E-state index < -0.39 is 0 Å². The number of methoxy groups -OCH3 is 1. The van der Waals surface area contributed by atoms with Crippen molar-refractivity contribution < 1.29 is 19.7 Å². The Balaban J connectivity index is 1.79.